The van der Waals surface area contributed by atoms with Crippen LogP contribution in [-0.4, -0.2) is 11.5 Å². The first kappa shape index (κ1) is 11.8. The Balaban J connectivity index is 2.40. The van der Waals surface area contributed by atoms with E-state index in [0.717, 1.165) is 13.1 Å². The summed E-state index contributed by atoms with van der Waals surface area (Å²) in [6.07, 6.45) is 3.73. The van der Waals surface area contributed by atoms with Gasteiger partial charge in [-0.25, -0.2) is 0 Å². The summed E-state index contributed by atoms with van der Waals surface area (Å²) in [5, 5.41) is 3.37. The fourth-order valence-electron chi connectivity index (χ4n) is 1.89. The molecule has 0 aliphatic carbocycles. The smallest absolute Gasteiger partial charge is 0.0346 e. The Hall–Kier alpha value is -1.67. The molecule has 0 amide bonds. The third kappa shape index (κ3) is 2.92. The average Bonchev–Trinajstić information content (AvgIpc) is 2.38. The highest BCUT2D eigenvalue weighted by Gasteiger charge is 2.04. The number of nitrogens with one attached hydrogen (secondary N) is 1. The molecule has 88 valence electrons. The maximum Gasteiger partial charge on any atom is 0.0346 e. The number of hydrogen-bond donors (Lipinski definition) is 1. The van der Waals surface area contributed by atoms with Gasteiger partial charge in [-0.05, 0) is 30.7 Å². The van der Waals surface area contributed by atoms with E-state index in [4.69, 9.17) is 0 Å². The molecule has 17 heavy (non-hydrogen) atoms. The molecule has 2 heteroatoms. The maximum absolute atomic E-state index is 4.19. The van der Waals surface area contributed by atoms with Crippen molar-refractivity contribution in [3.8, 4) is 11.1 Å². The predicted octanol–water partition coefficient (Wildman–Crippen LogP) is 3.17. The minimum atomic E-state index is 0.904. The molecule has 0 spiro atoms. The second-order valence-electron chi connectivity index (χ2n) is 4.18. The van der Waals surface area contributed by atoms with Gasteiger partial charge in [-0.2, -0.15) is 0 Å². The third-order valence-electron chi connectivity index (χ3n) is 2.80. The van der Waals surface area contributed by atoms with E-state index in [-0.39, 0.29) is 0 Å². The van der Waals surface area contributed by atoms with Crippen LogP contribution in [0.5, 0.6) is 0 Å². The van der Waals surface area contributed by atoms with Crippen LogP contribution in [0.25, 0.3) is 11.1 Å². The van der Waals surface area contributed by atoms with Crippen molar-refractivity contribution in [3.05, 3.63) is 53.9 Å². The quantitative estimate of drug-likeness (QED) is 0.866. The molecule has 0 saturated carbocycles. The van der Waals surface area contributed by atoms with Gasteiger partial charge >= 0.3 is 0 Å². The summed E-state index contributed by atoms with van der Waals surface area (Å²) in [4.78, 5) is 4.19. The lowest BCUT2D eigenvalue weighted by Crippen LogP contribution is -2.12. The Morgan fingerprint density at radius 1 is 1.24 bits per heavy atom. The lowest BCUT2D eigenvalue weighted by molar-refractivity contribution is 0.728. The van der Waals surface area contributed by atoms with Gasteiger partial charge in [0.25, 0.3) is 0 Å². The van der Waals surface area contributed by atoms with Crippen molar-refractivity contribution in [1.82, 2.24) is 10.3 Å². The van der Waals surface area contributed by atoms with E-state index in [9.17, 15) is 0 Å². The largest absolute Gasteiger partial charge is 0.313 e. The van der Waals surface area contributed by atoms with Crippen molar-refractivity contribution < 1.29 is 0 Å². The number of pyridine rings is 1. The van der Waals surface area contributed by atoms with E-state index >= 15 is 0 Å². The van der Waals surface area contributed by atoms with Crippen LogP contribution in [0.1, 0.15) is 18.1 Å². The molecule has 1 aromatic carbocycles. The fourth-order valence-corrected chi connectivity index (χ4v) is 1.89. The Labute approximate surface area is 103 Å². The molecule has 2 rings (SSSR count). The highest BCUT2D eigenvalue weighted by molar-refractivity contribution is 5.67. The van der Waals surface area contributed by atoms with Crippen LogP contribution in [0.3, 0.4) is 0 Å². The second kappa shape index (κ2) is 5.60. The molecule has 0 radical (unpaired) electrons. The summed E-state index contributed by atoms with van der Waals surface area (Å²) in [7, 11) is 0. The average molecular weight is 226 g/mol. The first-order chi connectivity index (χ1) is 8.31. The molecule has 0 aliphatic heterocycles. The highest BCUT2D eigenvalue weighted by atomic mass is 14.8. The Bertz CT molecular complexity index is 478. The van der Waals surface area contributed by atoms with E-state index in [1.165, 1.54) is 22.3 Å². The van der Waals surface area contributed by atoms with Gasteiger partial charge in [-0.15, -0.1) is 0 Å². The maximum atomic E-state index is 4.19. The normalized spacial score (nSPS) is 10.5. The zero-order valence-electron chi connectivity index (χ0n) is 10.4. The summed E-state index contributed by atoms with van der Waals surface area (Å²) >= 11 is 0. The number of rotatable bonds is 4. The SMILES string of the molecule is CCNCc1ccc(C)cc1-c1cccnc1. The lowest BCUT2D eigenvalue weighted by atomic mass is 9.99. The van der Waals surface area contributed by atoms with E-state index in [0.29, 0.717) is 0 Å². The van der Waals surface area contributed by atoms with Gasteiger partial charge < -0.3 is 5.32 Å². The topological polar surface area (TPSA) is 24.9 Å². The number of nitrogens with zero attached hydrogens (tertiary/aromatic N) is 1. The van der Waals surface area contributed by atoms with Crippen molar-refractivity contribution in [2.24, 2.45) is 0 Å². The fraction of sp³-hybridized carbons (Fsp3) is 0.267. The number of aryl methyl sites for hydroxylation is 1. The van der Waals surface area contributed by atoms with Gasteiger partial charge in [0.05, 0.1) is 0 Å². The number of benzene rings is 1. The minimum absolute atomic E-state index is 0.904. The number of aromatic nitrogens is 1. The van der Waals surface area contributed by atoms with Crippen molar-refractivity contribution >= 4 is 0 Å². The van der Waals surface area contributed by atoms with Gasteiger partial charge in [-0.3, -0.25) is 4.98 Å². The molecule has 0 saturated heterocycles. The minimum Gasteiger partial charge on any atom is -0.313 e. The van der Waals surface area contributed by atoms with Gasteiger partial charge in [0.2, 0.25) is 0 Å². The highest BCUT2D eigenvalue weighted by Crippen LogP contribution is 2.24. The van der Waals surface area contributed by atoms with Gasteiger partial charge in [-0.1, -0.05) is 36.8 Å². The predicted molar refractivity (Wildman–Crippen MR) is 71.8 cm³/mol. The van der Waals surface area contributed by atoms with E-state index in [2.05, 4.69) is 48.4 Å². The summed E-state index contributed by atoms with van der Waals surface area (Å²) in [5.41, 5.74) is 5.07. The van der Waals surface area contributed by atoms with Crippen molar-refractivity contribution in [2.75, 3.05) is 6.54 Å². The third-order valence-corrected chi connectivity index (χ3v) is 2.80. The molecular formula is C15H18N2. The molecular weight excluding hydrogens is 208 g/mol. The molecule has 1 aromatic heterocycles. The second-order valence-corrected chi connectivity index (χ2v) is 4.18. The van der Waals surface area contributed by atoms with E-state index in [1.54, 1.807) is 0 Å². The van der Waals surface area contributed by atoms with Crippen LogP contribution in [0, 0.1) is 6.92 Å². The van der Waals surface area contributed by atoms with Crippen LogP contribution >= 0.6 is 0 Å². The summed E-state index contributed by atoms with van der Waals surface area (Å²) in [5.74, 6) is 0. The zero-order valence-corrected chi connectivity index (χ0v) is 10.4. The Morgan fingerprint density at radius 2 is 2.12 bits per heavy atom. The molecule has 0 fully saturated rings. The van der Waals surface area contributed by atoms with Crippen LogP contribution < -0.4 is 5.32 Å². The van der Waals surface area contributed by atoms with Crippen LogP contribution in [0.4, 0.5) is 0 Å². The van der Waals surface area contributed by atoms with Gasteiger partial charge in [0.15, 0.2) is 0 Å². The standard InChI is InChI=1S/C15H18N2/c1-3-16-10-14-7-6-12(2)9-15(14)13-5-4-8-17-11-13/h4-9,11,16H,3,10H2,1-2H3. The Morgan fingerprint density at radius 3 is 2.82 bits per heavy atom. The molecule has 0 unspecified atom stereocenters. The molecule has 1 N–H and O–H groups in total. The Kier molecular flexibility index (Phi) is 3.89. The lowest BCUT2D eigenvalue weighted by Gasteiger charge is -2.11. The summed E-state index contributed by atoms with van der Waals surface area (Å²) < 4.78 is 0. The number of hydrogen-bond acceptors (Lipinski definition) is 2. The first-order valence-electron chi connectivity index (χ1n) is 6.02. The van der Waals surface area contributed by atoms with Gasteiger partial charge in [0, 0.05) is 24.5 Å². The van der Waals surface area contributed by atoms with Gasteiger partial charge in [0.1, 0.15) is 0 Å². The molecule has 0 bridgehead atoms. The van der Waals surface area contributed by atoms with Crippen molar-refractivity contribution in [2.45, 2.75) is 20.4 Å². The molecule has 2 nitrogen and oxygen atoms in total. The van der Waals surface area contributed by atoms with E-state index < -0.39 is 0 Å². The van der Waals surface area contributed by atoms with Crippen LogP contribution in [-0.2, 0) is 6.54 Å². The van der Waals surface area contributed by atoms with Crippen LogP contribution in [0.2, 0.25) is 0 Å². The molecule has 1 heterocycles. The van der Waals surface area contributed by atoms with Crippen LogP contribution in [0.15, 0.2) is 42.7 Å². The monoisotopic (exact) mass is 226 g/mol. The molecule has 0 atom stereocenters. The van der Waals surface area contributed by atoms with E-state index in [1.807, 2.05) is 18.5 Å². The molecule has 2 aromatic rings. The zero-order chi connectivity index (χ0) is 12.1. The van der Waals surface area contributed by atoms with Crippen molar-refractivity contribution in [1.29, 1.82) is 0 Å². The van der Waals surface area contributed by atoms with Crippen molar-refractivity contribution in [3.63, 3.8) is 0 Å². The summed E-state index contributed by atoms with van der Waals surface area (Å²) in [6, 6.07) is 10.7. The summed E-state index contributed by atoms with van der Waals surface area (Å²) in [6.45, 7) is 6.14. The first-order valence-corrected chi connectivity index (χ1v) is 6.02. The molecule has 0 aliphatic rings.